The van der Waals surface area contributed by atoms with Crippen molar-refractivity contribution in [2.75, 3.05) is 33.3 Å². The van der Waals surface area contributed by atoms with Crippen LogP contribution in [0.5, 0.6) is 0 Å². The molecule has 0 radical (unpaired) electrons. The number of hydrogen-bond acceptors (Lipinski definition) is 5. The third kappa shape index (κ3) is 2.61. The fourth-order valence-corrected chi connectivity index (χ4v) is 4.37. The van der Waals surface area contributed by atoms with E-state index in [-0.39, 0.29) is 17.0 Å². The van der Waals surface area contributed by atoms with Gasteiger partial charge in [-0.05, 0) is 37.6 Å². The molecule has 2 atom stereocenters. The first-order chi connectivity index (χ1) is 11.5. The zero-order valence-corrected chi connectivity index (χ0v) is 13.7. The van der Waals surface area contributed by atoms with Gasteiger partial charge in [0.2, 0.25) is 0 Å². The number of rotatable bonds is 3. The quantitative estimate of drug-likeness (QED) is 0.631. The molecule has 3 aliphatic rings. The van der Waals surface area contributed by atoms with Crippen molar-refractivity contribution in [3.8, 4) is 0 Å². The van der Waals surface area contributed by atoms with E-state index in [1.807, 2.05) is 0 Å². The van der Waals surface area contributed by atoms with Crippen LogP contribution in [0.1, 0.15) is 27.9 Å². The lowest BCUT2D eigenvalue weighted by Gasteiger charge is -2.37. The lowest BCUT2D eigenvalue weighted by Crippen LogP contribution is -2.49. The van der Waals surface area contributed by atoms with E-state index in [0.29, 0.717) is 24.6 Å². The van der Waals surface area contributed by atoms with Gasteiger partial charge in [0.05, 0.1) is 12.2 Å². The monoisotopic (exact) mass is 335 g/mol. The van der Waals surface area contributed by atoms with Crippen molar-refractivity contribution in [2.24, 2.45) is 0 Å². The van der Waals surface area contributed by atoms with Gasteiger partial charge in [-0.3, -0.25) is 19.8 Å². The van der Waals surface area contributed by atoms with Gasteiger partial charge in [0, 0.05) is 43.3 Å². The predicted octanol–water partition coefficient (Wildman–Crippen LogP) is 0.776. The molecule has 6 nitrogen and oxygen atoms in total. The normalized spacial score (nSPS) is 29.7. The zero-order chi connectivity index (χ0) is 16.9. The summed E-state index contributed by atoms with van der Waals surface area (Å²) in [5.74, 6) is -1.07. The minimum absolute atomic E-state index is 0.121. The lowest BCUT2D eigenvalue weighted by molar-refractivity contribution is -0.0587. The third-order valence-corrected chi connectivity index (χ3v) is 5.59. The van der Waals surface area contributed by atoms with Crippen molar-refractivity contribution in [3.05, 3.63) is 34.6 Å². The molecule has 2 bridgehead atoms. The number of hydrogen-bond donors (Lipinski definition) is 2. The van der Waals surface area contributed by atoms with E-state index < -0.39 is 5.91 Å². The van der Waals surface area contributed by atoms with E-state index in [2.05, 4.69) is 16.8 Å². The number of hydroxylamine groups is 1. The number of fused-ring (bicyclic) bond motifs is 3. The number of benzene rings is 1. The topological polar surface area (TPSA) is 65.0 Å². The second-order valence-corrected chi connectivity index (χ2v) is 7.26. The number of nitrogens with zero attached hydrogens (tertiary/aromatic N) is 2. The molecule has 130 valence electrons. The molecular formula is C17H22FN3O3. The van der Waals surface area contributed by atoms with Crippen LogP contribution in [0.4, 0.5) is 4.39 Å². The highest BCUT2D eigenvalue weighted by atomic mass is 19.1. The Kier molecular flexibility index (Phi) is 3.84. The van der Waals surface area contributed by atoms with Gasteiger partial charge in [-0.2, -0.15) is 0 Å². The first kappa shape index (κ1) is 16.0. The van der Waals surface area contributed by atoms with E-state index in [4.69, 9.17) is 9.94 Å². The van der Waals surface area contributed by atoms with Crippen LogP contribution in [-0.4, -0.2) is 65.8 Å². The minimum atomic E-state index is -0.683. The maximum absolute atomic E-state index is 14.4. The summed E-state index contributed by atoms with van der Waals surface area (Å²) in [7, 11) is 2.13. The molecule has 2 saturated heterocycles. The van der Waals surface area contributed by atoms with Crippen LogP contribution >= 0.6 is 0 Å². The van der Waals surface area contributed by atoms with E-state index in [9.17, 15) is 9.18 Å². The minimum Gasteiger partial charge on any atom is -0.371 e. The number of carbonyl (C=O) groups is 1. The Morgan fingerprint density at radius 3 is 3.04 bits per heavy atom. The van der Waals surface area contributed by atoms with Gasteiger partial charge in [-0.15, -0.1) is 0 Å². The molecule has 2 fully saturated rings. The Labute approximate surface area is 140 Å². The molecular weight excluding hydrogens is 313 g/mol. The maximum Gasteiger partial charge on any atom is 0.274 e. The van der Waals surface area contributed by atoms with Crippen molar-refractivity contribution in [1.82, 2.24) is 15.3 Å². The first-order valence-electron chi connectivity index (χ1n) is 8.32. The van der Waals surface area contributed by atoms with Crippen LogP contribution in [0.25, 0.3) is 0 Å². The standard InChI is InChI=1S/C17H22FN3O3/c1-20-9-17(6-13(20)8-24-17)10-21-3-2-11-4-12(16(22)19-23)5-15(18)14(11)7-21/h4-5,13,23H,2-3,6-10H2,1H3,(H,19,22)/t13-,17-/m0/s1. The molecule has 3 aliphatic heterocycles. The SMILES string of the molecule is CN1C[C@]2(CN3CCc4cc(C(=O)NO)cc(F)c4C3)C[C@H]1CO2. The van der Waals surface area contributed by atoms with Crippen LogP contribution in [0.2, 0.25) is 0 Å². The molecule has 0 aromatic heterocycles. The first-order valence-corrected chi connectivity index (χ1v) is 8.32. The number of likely N-dealkylation sites (tertiary alicyclic amines) is 1. The van der Waals surface area contributed by atoms with Gasteiger partial charge >= 0.3 is 0 Å². The fraction of sp³-hybridized carbons (Fsp3) is 0.588. The number of likely N-dealkylation sites (N-methyl/N-ethyl adjacent to an activating group) is 1. The van der Waals surface area contributed by atoms with E-state index in [0.717, 1.165) is 38.2 Å². The van der Waals surface area contributed by atoms with Crippen LogP contribution in [0.15, 0.2) is 12.1 Å². The number of ether oxygens (including phenoxy) is 1. The van der Waals surface area contributed by atoms with Gasteiger partial charge in [-0.25, -0.2) is 9.87 Å². The molecule has 0 aliphatic carbocycles. The Bertz CT molecular complexity index is 679. The van der Waals surface area contributed by atoms with Gasteiger partial charge in [0.15, 0.2) is 0 Å². The Morgan fingerprint density at radius 2 is 2.38 bits per heavy atom. The maximum atomic E-state index is 14.4. The predicted molar refractivity (Wildman–Crippen MR) is 84.4 cm³/mol. The second-order valence-electron chi connectivity index (χ2n) is 7.26. The number of morpholine rings is 1. The number of carbonyl (C=O) groups excluding carboxylic acids is 1. The number of amides is 1. The van der Waals surface area contributed by atoms with E-state index in [1.54, 1.807) is 11.5 Å². The largest absolute Gasteiger partial charge is 0.371 e. The van der Waals surface area contributed by atoms with Crippen LogP contribution in [-0.2, 0) is 17.7 Å². The molecule has 1 aromatic carbocycles. The Morgan fingerprint density at radius 1 is 1.54 bits per heavy atom. The summed E-state index contributed by atoms with van der Waals surface area (Å²) in [5.41, 5.74) is 3.08. The van der Waals surface area contributed by atoms with Crippen molar-refractivity contribution >= 4 is 5.91 Å². The average Bonchev–Trinajstić information content (AvgIpc) is 3.11. The number of nitrogens with one attached hydrogen (secondary N) is 1. The molecule has 1 amide bonds. The average molecular weight is 335 g/mol. The summed E-state index contributed by atoms with van der Waals surface area (Å²) in [5, 5.41) is 8.72. The smallest absolute Gasteiger partial charge is 0.274 e. The van der Waals surface area contributed by atoms with Gasteiger partial charge < -0.3 is 4.74 Å². The molecule has 1 aromatic rings. The molecule has 24 heavy (non-hydrogen) atoms. The molecule has 2 N–H and O–H groups in total. The summed E-state index contributed by atoms with van der Waals surface area (Å²) in [4.78, 5) is 16.1. The zero-order valence-electron chi connectivity index (χ0n) is 13.7. The molecule has 0 saturated carbocycles. The van der Waals surface area contributed by atoms with E-state index >= 15 is 0 Å². The highest BCUT2D eigenvalue weighted by Gasteiger charge is 2.50. The molecule has 0 unspecified atom stereocenters. The Hall–Kier alpha value is -1.54. The van der Waals surface area contributed by atoms with Crippen molar-refractivity contribution in [3.63, 3.8) is 0 Å². The van der Waals surface area contributed by atoms with Gasteiger partial charge in [-0.1, -0.05) is 0 Å². The van der Waals surface area contributed by atoms with Crippen molar-refractivity contribution < 1.29 is 19.1 Å². The van der Waals surface area contributed by atoms with Crippen molar-refractivity contribution in [1.29, 1.82) is 0 Å². The molecule has 7 heteroatoms. The summed E-state index contributed by atoms with van der Waals surface area (Å²) in [6.07, 6.45) is 1.74. The highest BCUT2D eigenvalue weighted by molar-refractivity contribution is 5.93. The molecule has 4 rings (SSSR count). The van der Waals surface area contributed by atoms with Gasteiger partial charge in [0.1, 0.15) is 5.82 Å². The summed E-state index contributed by atoms with van der Waals surface area (Å²) >= 11 is 0. The second kappa shape index (κ2) is 5.77. The summed E-state index contributed by atoms with van der Waals surface area (Å²) < 4.78 is 20.5. The summed E-state index contributed by atoms with van der Waals surface area (Å²) in [6.45, 7) is 3.87. The van der Waals surface area contributed by atoms with Gasteiger partial charge in [0.25, 0.3) is 5.91 Å². The third-order valence-electron chi connectivity index (χ3n) is 5.59. The highest BCUT2D eigenvalue weighted by Crippen LogP contribution is 2.38. The van der Waals surface area contributed by atoms with E-state index in [1.165, 1.54) is 6.07 Å². The fourth-order valence-electron chi connectivity index (χ4n) is 4.37. The van der Waals surface area contributed by atoms with Crippen LogP contribution in [0, 0.1) is 5.82 Å². The molecule has 0 spiro atoms. The lowest BCUT2D eigenvalue weighted by atomic mass is 9.94. The molecule has 3 heterocycles. The van der Waals surface area contributed by atoms with Crippen LogP contribution < -0.4 is 5.48 Å². The van der Waals surface area contributed by atoms with Crippen molar-refractivity contribution in [2.45, 2.75) is 31.0 Å². The Balaban J connectivity index is 1.51. The van der Waals surface area contributed by atoms with Crippen LogP contribution in [0.3, 0.4) is 0 Å². The summed E-state index contributed by atoms with van der Waals surface area (Å²) in [6, 6.07) is 3.38. The number of halogens is 1.